The number of rotatable bonds is 7. The van der Waals surface area contributed by atoms with Gasteiger partial charge in [0.25, 0.3) is 0 Å². The average molecular weight is 569 g/mol. The molecule has 0 bridgehead atoms. The van der Waals surface area contributed by atoms with E-state index in [0.29, 0.717) is 28.1 Å². The fourth-order valence-electron chi connectivity index (χ4n) is 5.46. The molecular formula is C20H27ClN2O9P2S. The number of aromatic nitrogens is 1. The standard InChI is InChI=1S/C20H27ClN2O9P2S/c21-15-4-13(23-5-10-2-1-3-11(10)6-23)20-16(22-15)12(8-35-20)19-18(25)17(24)14(32-19)7-31-34(29,30)9-33(26,27)28/h4,8,10-11,14,17-19,24-25H,1-3,5-7,9H2,(H,29,30)(H2,26,27,28)/t10?,11?,14-,17-,18-,19+/m1/s1. The molecule has 4 heterocycles. The zero-order chi connectivity index (χ0) is 25.1. The van der Waals surface area contributed by atoms with Gasteiger partial charge in [0.05, 0.1) is 22.5 Å². The number of ether oxygens (including phenoxy) is 1. The van der Waals surface area contributed by atoms with Crippen LogP contribution in [-0.2, 0) is 18.4 Å². The Hall–Kier alpha value is -0.620. The molecule has 2 saturated heterocycles. The Kier molecular flexibility index (Phi) is 7.13. The molecule has 0 amide bonds. The van der Waals surface area contributed by atoms with Crippen molar-refractivity contribution in [3.8, 4) is 0 Å². The quantitative estimate of drug-likeness (QED) is 0.246. The molecule has 2 aliphatic heterocycles. The van der Waals surface area contributed by atoms with Crippen LogP contribution in [0.15, 0.2) is 11.4 Å². The van der Waals surface area contributed by atoms with E-state index in [2.05, 4.69) is 9.88 Å². The van der Waals surface area contributed by atoms with Crippen molar-refractivity contribution in [2.24, 2.45) is 11.8 Å². The van der Waals surface area contributed by atoms with Crippen molar-refractivity contribution in [3.05, 3.63) is 22.2 Å². The van der Waals surface area contributed by atoms with Gasteiger partial charge in [-0.25, -0.2) is 4.98 Å². The molecule has 11 nitrogen and oxygen atoms in total. The van der Waals surface area contributed by atoms with Gasteiger partial charge in [-0.2, -0.15) is 0 Å². The van der Waals surface area contributed by atoms with Crippen LogP contribution in [0.3, 0.4) is 0 Å². The van der Waals surface area contributed by atoms with Gasteiger partial charge >= 0.3 is 15.2 Å². The van der Waals surface area contributed by atoms with Crippen LogP contribution in [-0.4, -0.2) is 73.8 Å². The van der Waals surface area contributed by atoms with E-state index in [-0.39, 0.29) is 0 Å². The summed E-state index contributed by atoms with van der Waals surface area (Å²) < 4.78 is 34.5. The summed E-state index contributed by atoms with van der Waals surface area (Å²) >= 11 is 7.82. The van der Waals surface area contributed by atoms with Gasteiger partial charge in [-0.05, 0) is 30.1 Å². The first kappa shape index (κ1) is 26.0. The predicted molar refractivity (Wildman–Crippen MR) is 130 cm³/mol. The minimum absolute atomic E-state index is 0.302. The third-order valence-corrected chi connectivity index (χ3v) is 11.7. The second-order valence-electron chi connectivity index (χ2n) is 9.50. The first-order chi connectivity index (χ1) is 16.4. The Morgan fingerprint density at radius 2 is 1.86 bits per heavy atom. The number of pyridine rings is 1. The lowest BCUT2D eigenvalue weighted by Gasteiger charge is -2.21. The summed E-state index contributed by atoms with van der Waals surface area (Å²) in [6.07, 6.45) is -1.29. The lowest BCUT2D eigenvalue weighted by molar-refractivity contribution is -0.0181. The first-order valence-corrected chi connectivity index (χ1v) is 16.1. The number of fused-ring (bicyclic) bond motifs is 2. The van der Waals surface area contributed by atoms with Crippen molar-refractivity contribution in [3.63, 3.8) is 0 Å². The number of aliphatic hydroxyl groups is 2. The average Bonchev–Trinajstić information content (AvgIpc) is 3.49. The maximum atomic E-state index is 11.9. The summed E-state index contributed by atoms with van der Waals surface area (Å²) in [6.45, 7) is 1.29. The molecule has 5 N–H and O–H groups in total. The molecule has 15 heteroatoms. The molecule has 0 spiro atoms. The van der Waals surface area contributed by atoms with E-state index in [9.17, 15) is 24.2 Å². The molecule has 1 saturated carbocycles. The Labute approximate surface area is 210 Å². The third-order valence-electron chi connectivity index (χ3n) is 7.04. The summed E-state index contributed by atoms with van der Waals surface area (Å²) in [7, 11) is -9.43. The van der Waals surface area contributed by atoms with Crippen molar-refractivity contribution >= 4 is 54.0 Å². The largest absolute Gasteiger partial charge is 0.387 e. The zero-order valence-electron chi connectivity index (χ0n) is 18.5. The topological polar surface area (TPSA) is 170 Å². The molecule has 2 aromatic rings. The van der Waals surface area contributed by atoms with Gasteiger partial charge in [-0.15, -0.1) is 11.3 Å². The van der Waals surface area contributed by atoms with E-state index < -0.39 is 52.1 Å². The van der Waals surface area contributed by atoms with Crippen LogP contribution in [0.5, 0.6) is 0 Å². The second-order valence-corrected chi connectivity index (χ2v) is 14.8. The zero-order valence-corrected chi connectivity index (χ0v) is 21.9. The van der Waals surface area contributed by atoms with Crippen LogP contribution < -0.4 is 4.90 Å². The van der Waals surface area contributed by atoms with Gasteiger partial charge in [0, 0.05) is 24.7 Å². The summed E-state index contributed by atoms with van der Waals surface area (Å²) in [4.78, 5) is 34.4. The van der Waals surface area contributed by atoms with E-state index in [0.717, 1.165) is 23.5 Å². The van der Waals surface area contributed by atoms with Gasteiger partial charge in [-0.1, -0.05) is 18.0 Å². The van der Waals surface area contributed by atoms with Crippen LogP contribution in [0.25, 0.3) is 10.2 Å². The van der Waals surface area contributed by atoms with Crippen LogP contribution in [0.2, 0.25) is 5.15 Å². The highest BCUT2D eigenvalue weighted by Crippen LogP contribution is 2.55. The highest BCUT2D eigenvalue weighted by Gasteiger charge is 2.46. The fourth-order valence-corrected chi connectivity index (χ4v) is 9.29. The molecule has 194 valence electrons. The number of thiophene rings is 1. The molecular weight excluding hydrogens is 542 g/mol. The maximum Gasteiger partial charge on any atom is 0.340 e. The van der Waals surface area contributed by atoms with Crippen molar-refractivity contribution in [2.75, 3.05) is 30.5 Å². The molecule has 0 radical (unpaired) electrons. The Morgan fingerprint density at radius 3 is 2.51 bits per heavy atom. The minimum atomic E-state index is -4.79. The first-order valence-electron chi connectivity index (χ1n) is 11.3. The second kappa shape index (κ2) is 9.60. The predicted octanol–water partition coefficient (Wildman–Crippen LogP) is 2.68. The number of hydrogen-bond acceptors (Lipinski definition) is 9. The van der Waals surface area contributed by atoms with Crippen molar-refractivity contribution in [1.29, 1.82) is 0 Å². The maximum absolute atomic E-state index is 11.9. The Bertz CT molecular complexity index is 1200. The van der Waals surface area contributed by atoms with Gasteiger partial charge in [0.15, 0.2) is 5.90 Å². The summed E-state index contributed by atoms with van der Waals surface area (Å²) in [5.41, 5.74) is 2.07. The molecule has 3 aliphatic rings. The lowest BCUT2D eigenvalue weighted by Crippen LogP contribution is -2.33. The number of halogens is 1. The number of aliphatic hydroxyl groups excluding tert-OH is 2. The van der Waals surface area contributed by atoms with Crippen molar-refractivity contribution in [1.82, 2.24) is 4.98 Å². The van der Waals surface area contributed by atoms with Crippen LogP contribution in [0, 0.1) is 11.8 Å². The Balaban J connectivity index is 1.36. The van der Waals surface area contributed by atoms with Crippen LogP contribution in [0.1, 0.15) is 30.9 Å². The molecule has 1 aliphatic carbocycles. The normalized spacial score (nSPS) is 32.9. The summed E-state index contributed by atoms with van der Waals surface area (Å²) in [5.74, 6) is 0.00804. The minimum Gasteiger partial charge on any atom is -0.387 e. The van der Waals surface area contributed by atoms with Crippen LogP contribution >= 0.6 is 38.1 Å². The number of hydrogen-bond donors (Lipinski definition) is 5. The summed E-state index contributed by atoms with van der Waals surface area (Å²) in [6, 6.07) is 1.85. The van der Waals surface area contributed by atoms with Gasteiger partial charge in [0.1, 0.15) is 29.6 Å². The third kappa shape index (κ3) is 5.35. The van der Waals surface area contributed by atoms with Gasteiger partial charge < -0.3 is 39.1 Å². The van der Waals surface area contributed by atoms with E-state index in [1.165, 1.54) is 30.6 Å². The van der Waals surface area contributed by atoms with E-state index >= 15 is 0 Å². The molecule has 5 rings (SSSR count). The van der Waals surface area contributed by atoms with E-state index in [1.807, 2.05) is 6.07 Å². The van der Waals surface area contributed by atoms with Crippen LogP contribution in [0.4, 0.5) is 5.69 Å². The van der Waals surface area contributed by atoms with E-state index in [1.54, 1.807) is 5.38 Å². The highest BCUT2D eigenvalue weighted by molar-refractivity contribution is 7.70. The van der Waals surface area contributed by atoms with Gasteiger partial charge in [0.2, 0.25) is 0 Å². The molecule has 7 atom stereocenters. The Morgan fingerprint density at radius 1 is 1.17 bits per heavy atom. The summed E-state index contributed by atoms with van der Waals surface area (Å²) in [5, 5.41) is 23.2. The van der Waals surface area contributed by atoms with E-state index in [4.69, 9.17) is 30.6 Å². The highest BCUT2D eigenvalue weighted by atomic mass is 35.5. The molecule has 0 aromatic carbocycles. The molecule has 35 heavy (non-hydrogen) atoms. The molecule has 2 aromatic heterocycles. The lowest BCUT2D eigenvalue weighted by atomic mass is 10.0. The van der Waals surface area contributed by atoms with Crippen molar-refractivity contribution < 1.29 is 43.3 Å². The monoisotopic (exact) mass is 568 g/mol. The smallest absolute Gasteiger partial charge is 0.340 e. The van der Waals surface area contributed by atoms with Crippen molar-refractivity contribution in [2.45, 2.75) is 43.7 Å². The molecule has 3 fully saturated rings. The molecule has 3 unspecified atom stereocenters. The van der Waals surface area contributed by atoms with Gasteiger partial charge in [-0.3, -0.25) is 9.13 Å². The number of nitrogens with zero attached hydrogens (tertiary/aromatic N) is 2. The number of anilines is 1. The fraction of sp³-hybridized carbons (Fsp3) is 0.650. The SMILES string of the molecule is O=P(O)(O)CP(=O)(O)OC[C@H]1O[C@@H](c2csc3c(N4CC5CCCC5C4)cc(Cl)nc23)[C@H](O)[C@@H]1O.